The highest BCUT2D eigenvalue weighted by Gasteiger charge is 2.16. The van der Waals surface area contributed by atoms with Crippen molar-refractivity contribution in [2.45, 2.75) is 18.6 Å². The lowest BCUT2D eigenvalue weighted by atomic mass is 10.1. The first-order chi connectivity index (χ1) is 15.9. The summed E-state index contributed by atoms with van der Waals surface area (Å²) in [6.07, 6.45) is 1.78. The summed E-state index contributed by atoms with van der Waals surface area (Å²) in [5, 5.41) is 15.5. The Balaban J connectivity index is 1.43. The lowest BCUT2D eigenvalue weighted by Gasteiger charge is -2.08. The zero-order valence-electron chi connectivity index (χ0n) is 17.6. The highest BCUT2D eigenvalue weighted by Crippen LogP contribution is 2.32. The number of thiazole rings is 1. The molecule has 0 aliphatic rings. The van der Waals surface area contributed by atoms with E-state index in [0.29, 0.717) is 32.6 Å². The Hall–Kier alpha value is -2.65. The van der Waals surface area contributed by atoms with E-state index < -0.39 is 0 Å². The van der Waals surface area contributed by atoms with Crippen LogP contribution in [0.3, 0.4) is 0 Å². The number of halogens is 2. The predicted molar refractivity (Wildman–Crippen MR) is 137 cm³/mol. The van der Waals surface area contributed by atoms with Crippen LogP contribution < -0.4 is 5.32 Å². The van der Waals surface area contributed by atoms with Crippen LogP contribution in [0.5, 0.6) is 0 Å². The molecule has 0 aliphatic carbocycles. The van der Waals surface area contributed by atoms with Gasteiger partial charge in [0.2, 0.25) is 5.91 Å². The first-order valence-corrected chi connectivity index (χ1v) is 12.5. The number of carbonyl (C=O) groups is 1. The smallest absolute Gasteiger partial charge is 0.236 e. The molecule has 0 saturated heterocycles. The summed E-state index contributed by atoms with van der Waals surface area (Å²) >= 11 is 14.9. The van der Waals surface area contributed by atoms with Gasteiger partial charge in [-0.1, -0.05) is 64.8 Å². The van der Waals surface area contributed by atoms with Crippen molar-refractivity contribution in [3.05, 3.63) is 76.1 Å². The van der Waals surface area contributed by atoms with Crippen molar-refractivity contribution < 1.29 is 4.79 Å². The van der Waals surface area contributed by atoms with Gasteiger partial charge in [0.1, 0.15) is 0 Å². The largest absolute Gasteiger partial charge is 0.301 e. The lowest BCUT2D eigenvalue weighted by Crippen LogP contribution is -2.14. The minimum Gasteiger partial charge on any atom is -0.301 e. The number of nitrogens with one attached hydrogen (secondary N) is 1. The Bertz CT molecular complexity index is 1320. The number of aromatic nitrogens is 4. The molecule has 0 bridgehead atoms. The highest BCUT2D eigenvalue weighted by molar-refractivity contribution is 7.99. The lowest BCUT2D eigenvalue weighted by molar-refractivity contribution is -0.113. The summed E-state index contributed by atoms with van der Waals surface area (Å²) in [7, 11) is 0. The Morgan fingerprint density at radius 3 is 2.85 bits per heavy atom. The van der Waals surface area contributed by atoms with Crippen molar-refractivity contribution in [2.75, 3.05) is 11.1 Å². The Morgan fingerprint density at radius 2 is 2.09 bits per heavy atom. The van der Waals surface area contributed by atoms with Crippen molar-refractivity contribution in [3.8, 4) is 22.6 Å². The molecular formula is C23H19Cl2N5OS2. The molecule has 4 rings (SSSR count). The van der Waals surface area contributed by atoms with Gasteiger partial charge in [-0.15, -0.1) is 28.1 Å². The van der Waals surface area contributed by atoms with Crippen LogP contribution in [0.15, 0.2) is 65.7 Å². The number of rotatable bonds is 8. The second-order valence-electron chi connectivity index (χ2n) is 7.07. The molecule has 0 fully saturated rings. The van der Waals surface area contributed by atoms with Crippen LogP contribution in [0.1, 0.15) is 5.56 Å². The molecule has 10 heteroatoms. The summed E-state index contributed by atoms with van der Waals surface area (Å²) in [5.74, 6) is 0.721. The summed E-state index contributed by atoms with van der Waals surface area (Å²) in [6, 6.07) is 13.3. The summed E-state index contributed by atoms with van der Waals surface area (Å²) in [5.41, 5.74) is 3.54. The number of aryl methyl sites for hydroxylation is 1. The number of hydrogen-bond donors (Lipinski definition) is 1. The van der Waals surface area contributed by atoms with Gasteiger partial charge in [0.05, 0.1) is 16.5 Å². The number of anilines is 1. The van der Waals surface area contributed by atoms with Crippen molar-refractivity contribution in [3.63, 3.8) is 0 Å². The van der Waals surface area contributed by atoms with Gasteiger partial charge in [0.25, 0.3) is 0 Å². The molecule has 33 heavy (non-hydrogen) atoms. The van der Waals surface area contributed by atoms with Crippen LogP contribution in [0.2, 0.25) is 10.0 Å². The van der Waals surface area contributed by atoms with E-state index in [2.05, 4.69) is 33.1 Å². The quantitative estimate of drug-likeness (QED) is 0.211. The Morgan fingerprint density at radius 1 is 1.24 bits per heavy atom. The zero-order chi connectivity index (χ0) is 23.4. The second-order valence-corrected chi connectivity index (χ2v) is 9.72. The van der Waals surface area contributed by atoms with Gasteiger partial charge >= 0.3 is 0 Å². The van der Waals surface area contributed by atoms with E-state index >= 15 is 0 Å². The molecule has 168 valence electrons. The number of carbonyl (C=O) groups excluding carboxylic acids is 1. The van der Waals surface area contributed by atoms with Crippen LogP contribution in [0.4, 0.5) is 5.13 Å². The van der Waals surface area contributed by atoms with E-state index in [0.717, 1.165) is 22.5 Å². The minimum absolute atomic E-state index is 0.166. The number of thioether (sulfide) groups is 1. The third-order valence-corrected chi connectivity index (χ3v) is 6.87. The average Bonchev–Trinajstić information content (AvgIpc) is 3.40. The van der Waals surface area contributed by atoms with E-state index in [1.54, 1.807) is 24.3 Å². The molecule has 0 saturated carbocycles. The maximum atomic E-state index is 12.5. The number of benzene rings is 2. The van der Waals surface area contributed by atoms with Gasteiger partial charge in [0.15, 0.2) is 16.1 Å². The van der Waals surface area contributed by atoms with Crippen molar-refractivity contribution in [1.29, 1.82) is 0 Å². The SMILES string of the molecule is C=CCn1c(SCC(=O)Nc2nc(-c3ccc(Cl)cc3Cl)cs2)nnc1-c1cccc(C)c1. The Kier molecular flexibility index (Phi) is 7.49. The van der Waals surface area contributed by atoms with Gasteiger partial charge in [0, 0.05) is 28.1 Å². The van der Waals surface area contributed by atoms with Gasteiger partial charge < -0.3 is 5.32 Å². The molecule has 1 amide bonds. The molecule has 2 aromatic carbocycles. The maximum absolute atomic E-state index is 12.5. The molecule has 6 nitrogen and oxygen atoms in total. The molecule has 0 atom stereocenters. The third-order valence-electron chi connectivity index (χ3n) is 4.59. The number of allylic oxidation sites excluding steroid dienone is 1. The fourth-order valence-corrected chi connectivity index (χ4v) is 5.10. The number of amides is 1. The fourth-order valence-electron chi connectivity index (χ4n) is 3.12. The van der Waals surface area contributed by atoms with E-state index in [1.165, 1.54) is 23.1 Å². The van der Waals surface area contributed by atoms with Crippen LogP contribution in [0.25, 0.3) is 22.6 Å². The summed E-state index contributed by atoms with van der Waals surface area (Å²) < 4.78 is 1.95. The third kappa shape index (κ3) is 5.65. The van der Waals surface area contributed by atoms with Gasteiger partial charge in [-0.25, -0.2) is 4.98 Å². The maximum Gasteiger partial charge on any atom is 0.236 e. The minimum atomic E-state index is -0.187. The topological polar surface area (TPSA) is 72.7 Å². The molecule has 1 N–H and O–H groups in total. The standard InChI is InChI=1S/C23H19Cl2N5OS2/c1-3-9-30-21(15-6-4-5-14(2)10-15)28-29-23(30)33-13-20(31)27-22-26-19(12-32-22)17-8-7-16(24)11-18(17)25/h3-8,10-12H,1,9,13H2,2H3,(H,26,27,31). The monoisotopic (exact) mass is 515 g/mol. The number of nitrogens with zero attached hydrogens (tertiary/aromatic N) is 4. The van der Waals surface area contributed by atoms with Crippen LogP contribution >= 0.6 is 46.3 Å². The molecule has 2 aromatic heterocycles. The van der Waals surface area contributed by atoms with Gasteiger partial charge in [-0.05, 0) is 31.2 Å². The predicted octanol–water partition coefficient (Wildman–Crippen LogP) is 6.60. The first kappa shape index (κ1) is 23.5. The van der Waals surface area contributed by atoms with Crippen LogP contribution in [0, 0.1) is 6.92 Å². The van der Waals surface area contributed by atoms with E-state index in [9.17, 15) is 4.79 Å². The zero-order valence-corrected chi connectivity index (χ0v) is 20.7. The van der Waals surface area contributed by atoms with Gasteiger partial charge in [-0.3, -0.25) is 9.36 Å². The Labute approximate surface area is 209 Å². The first-order valence-electron chi connectivity index (χ1n) is 9.89. The second kappa shape index (κ2) is 10.5. The van der Waals surface area contributed by atoms with Crippen molar-refractivity contribution in [2.24, 2.45) is 0 Å². The van der Waals surface area contributed by atoms with Crippen LogP contribution in [-0.4, -0.2) is 31.4 Å². The molecule has 0 unspecified atom stereocenters. The molecule has 4 aromatic rings. The molecule has 0 spiro atoms. The van der Waals surface area contributed by atoms with Crippen molar-refractivity contribution >= 4 is 57.3 Å². The highest BCUT2D eigenvalue weighted by atomic mass is 35.5. The molecule has 2 heterocycles. The van der Waals surface area contributed by atoms with Crippen LogP contribution in [-0.2, 0) is 11.3 Å². The summed E-state index contributed by atoms with van der Waals surface area (Å²) in [6.45, 7) is 6.40. The van der Waals surface area contributed by atoms with E-state index in [4.69, 9.17) is 23.2 Å². The molecule has 0 radical (unpaired) electrons. The normalized spacial score (nSPS) is 10.9. The van der Waals surface area contributed by atoms with E-state index in [1.807, 2.05) is 35.1 Å². The molecular weight excluding hydrogens is 497 g/mol. The van der Waals surface area contributed by atoms with Crippen molar-refractivity contribution in [1.82, 2.24) is 19.7 Å². The summed E-state index contributed by atoms with van der Waals surface area (Å²) in [4.78, 5) is 17.0. The average molecular weight is 516 g/mol. The molecule has 0 aliphatic heterocycles. The van der Waals surface area contributed by atoms with E-state index in [-0.39, 0.29) is 11.7 Å². The number of hydrogen-bond acceptors (Lipinski definition) is 6. The fraction of sp³-hybridized carbons (Fsp3) is 0.130. The van der Waals surface area contributed by atoms with Gasteiger partial charge in [-0.2, -0.15) is 0 Å².